The molecule has 0 radical (unpaired) electrons. The molecule has 2 nitrogen and oxygen atoms in total. The molecule has 0 bridgehead atoms. The normalized spacial score (nSPS) is 24.9. The molecule has 1 fully saturated rings. The smallest absolute Gasteiger partial charge is 0.0220 e. The monoisotopic (exact) mass is 290 g/mol. The molecule has 0 aromatic carbocycles. The molecule has 0 aliphatic carbocycles. The highest BCUT2D eigenvalue weighted by Gasteiger charge is 2.20. The molecule has 0 N–H and O–H groups in total. The van der Waals surface area contributed by atoms with Gasteiger partial charge in [-0.05, 0) is 58.8 Å². The summed E-state index contributed by atoms with van der Waals surface area (Å²) in [7, 11) is 4.54. The summed E-state index contributed by atoms with van der Waals surface area (Å²) in [6.07, 6.45) is 5.39. The number of rotatable bonds is 6. The molecule has 0 saturated carbocycles. The van der Waals surface area contributed by atoms with Gasteiger partial charge < -0.3 is 9.80 Å². The summed E-state index contributed by atoms with van der Waals surface area (Å²) in [6.45, 7) is 6.16. The lowest BCUT2D eigenvalue weighted by atomic mass is 10.0. The van der Waals surface area contributed by atoms with E-state index in [1.807, 2.05) is 0 Å². The first kappa shape index (κ1) is 14.5. The minimum atomic E-state index is 0.787. The molecule has 0 spiro atoms. The summed E-state index contributed by atoms with van der Waals surface area (Å²) >= 11 is 3.52. The van der Waals surface area contributed by atoms with Crippen LogP contribution in [0.25, 0.3) is 0 Å². The second-order valence-corrected chi connectivity index (χ2v) is 6.20. The van der Waals surface area contributed by atoms with Crippen LogP contribution in [0.4, 0.5) is 0 Å². The van der Waals surface area contributed by atoms with Crippen molar-refractivity contribution in [2.24, 2.45) is 5.92 Å². The van der Waals surface area contributed by atoms with Crippen LogP contribution in [0.3, 0.4) is 0 Å². The summed E-state index contributed by atoms with van der Waals surface area (Å²) in [5.74, 6) is 0.850. The van der Waals surface area contributed by atoms with E-state index in [-0.39, 0.29) is 0 Å². The van der Waals surface area contributed by atoms with E-state index >= 15 is 0 Å². The Kier molecular flexibility index (Phi) is 6.94. The Morgan fingerprint density at radius 3 is 2.81 bits per heavy atom. The second kappa shape index (κ2) is 7.67. The molecule has 1 aliphatic heterocycles. The lowest BCUT2D eigenvalue weighted by Crippen LogP contribution is -2.45. The third kappa shape index (κ3) is 5.15. The summed E-state index contributed by atoms with van der Waals surface area (Å²) in [4.78, 5) is 5.03. The third-order valence-corrected chi connectivity index (χ3v) is 4.26. The van der Waals surface area contributed by atoms with Gasteiger partial charge in [-0.15, -0.1) is 0 Å². The third-order valence-electron chi connectivity index (χ3n) is 3.80. The molecule has 3 heteroatoms. The van der Waals surface area contributed by atoms with Gasteiger partial charge in [0.2, 0.25) is 0 Å². The quantitative estimate of drug-likeness (QED) is 0.694. The molecule has 2 unspecified atom stereocenters. The first-order valence-corrected chi connectivity index (χ1v) is 7.70. The average Bonchev–Trinajstić information content (AvgIpc) is 2.26. The molecule has 1 heterocycles. The van der Waals surface area contributed by atoms with Crippen LogP contribution in [-0.2, 0) is 0 Å². The molecule has 0 amide bonds. The molecular formula is C13H27BrN2. The van der Waals surface area contributed by atoms with Crippen molar-refractivity contribution in [3.63, 3.8) is 0 Å². The van der Waals surface area contributed by atoms with E-state index in [4.69, 9.17) is 0 Å². The molecule has 0 aromatic heterocycles. The SMILES string of the molecule is CC(CCBr)CCN(C)C1CCCN(C)C1. The molecular weight excluding hydrogens is 264 g/mol. The Hall–Kier alpha value is 0.400. The largest absolute Gasteiger partial charge is 0.305 e. The van der Waals surface area contributed by atoms with E-state index in [1.54, 1.807) is 0 Å². The van der Waals surface area contributed by atoms with Crippen molar-refractivity contribution in [1.82, 2.24) is 9.80 Å². The number of halogens is 1. The van der Waals surface area contributed by atoms with Gasteiger partial charge >= 0.3 is 0 Å². The number of likely N-dealkylation sites (N-methyl/N-ethyl adjacent to an activating group) is 2. The second-order valence-electron chi connectivity index (χ2n) is 5.41. The van der Waals surface area contributed by atoms with Crippen molar-refractivity contribution < 1.29 is 0 Å². The van der Waals surface area contributed by atoms with Crippen LogP contribution < -0.4 is 0 Å². The van der Waals surface area contributed by atoms with Gasteiger partial charge in [-0.3, -0.25) is 0 Å². The van der Waals surface area contributed by atoms with Crippen LogP contribution in [0.1, 0.15) is 32.6 Å². The zero-order valence-corrected chi connectivity index (χ0v) is 12.7. The minimum Gasteiger partial charge on any atom is -0.305 e. The van der Waals surface area contributed by atoms with E-state index in [1.165, 1.54) is 45.3 Å². The van der Waals surface area contributed by atoms with Gasteiger partial charge in [0.05, 0.1) is 0 Å². The van der Waals surface area contributed by atoms with Gasteiger partial charge in [0, 0.05) is 17.9 Å². The zero-order valence-electron chi connectivity index (χ0n) is 11.1. The van der Waals surface area contributed by atoms with Crippen LogP contribution >= 0.6 is 15.9 Å². The fourth-order valence-corrected chi connectivity index (χ4v) is 3.22. The zero-order chi connectivity index (χ0) is 12.0. The first-order chi connectivity index (χ1) is 7.63. The highest BCUT2D eigenvalue weighted by molar-refractivity contribution is 9.09. The molecule has 2 atom stereocenters. The minimum absolute atomic E-state index is 0.787. The summed E-state index contributed by atoms with van der Waals surface area (Å²) in [5.41, 5.74) is 0. The average molecular weight is 291 g/mol. The first-order valence-electron chi connectivity index (χ1n) is 6.58. The Bertz CT molecular complexity index is 187. The fourth-order valence-electron chi connectivity index (χ4n) is 2.44. The van der Waals surface area contributed by atoms with Crippen LogP contribution in [-0.4, -0.2) is 54.9 Å². The molecule has 0 aromatic rings. The Morgan fingerprint density at radius 1 is 1.44 bits per heavy atom. The van der Waals surface area contributed by atoms with Gasteiger partial charge in [0.25, 0.3) is 0 Å². The van der Waals surface area contributed by atoms with E-state index in [9.17, 15) is 0 Å². The highest BCUT2D eigenvalue weighted by Crippen LogP contribution is 2.16. The number of piperidine rings is 1. The van der Waals surface area contributed by atoms with Gasteiger partial charge in [-0.1, -0.05) is 22.9 Å². The Balaban J connectivity index is 2.20. The summed E-state index contributed by atoms with van der Waals surface area (Å²) in [5, 5.41) is 1.14. The number of likely N-dealkylation sites (tertiary alicyclic amines) is 1. The van der Waals surface area contributed by atoms with Crippen LogP contribution in [0.15, 0.2) is 0 Å². The maximum Gasteiger partial charge on any atom is 0.0220 e. The number of alkyl halides is 1. The van der Waals surface area contributed by atoms with Crippen LogP contribution in [0.2, 0.25) is 0 Å². The fraction of sp³-hybridized carbons (Fsp3) is 1.00. The summed E-state index contributed by atoms with van der Waals surface area (Å²) in [6, 6.07) is 0.787. The van der Waals surface area contributed by atoms with Gasteiger partial charge in [0.15, 0.2) is 0 Å². The van der Waals surface area contributed by atoms with Crippen molar-refractivity contribution in [3.8, 4) is 0 Å². The molecule has 1 aliphatic rings. The molecule has 16 heavy (non-hydrogen) atoms. The van der Waals surface area contributed by atoms with Crippen molar-refractivity contribution in [2.75, 3.05) is 39.1 Å². The number of nitrogens with zero attached hydrogens (tertiary/aromatic N) is 2. The van der Waals surface area contributed by atoms with Gasteiger partial charge in [-0.25, -0.2) is 0 Å². The molecule has 96 valence electrons. The van der Waals surface area contributed by atoms with Crippen molar-refractivity contribution >= 4 is 15.9 Å². The Morgan fingerprint density at radius 2 is 2.19 bits per heavy atom. The standard InChI is InChI=1S/C13H27BrN2/c1-12(6-8-14)7-10-16(3)13-5-4-9-15(2)11-13/h12-13H,4-11H2,1-3H3. The summed E-state index contributed by atoms with van der Waals surface area (Å²) < 4.78 is 0. The predicted octanol–water partition coefficient (Wildman–Crippen LogP) is 2.82. The van der Waals surface area contributed by atoms with Crippen LogP contribution in [0.5, 0.6) is 0 Å². The van der Waals surface area contributed by atoms with Crippen molar-refractivity contribution in [2.45, 2.75) is 38.6 Å². The topological polar surface area (TPSA) is 6.48 Å². The maximum atomic E-state index is 3.52. The highest BCUT2D eigenvalue weighted by atomic mass is 79.9. The number of hydrogen-bond acceptors (Lipinski definition) is 2. The molecule has 1 rings (SSSR count). The van der Waals surface area contributed by atoms with E-state index in [0.717, 1.165) is 17.3 Å². The number of hydrogen-bond donors (Lipinski definition) is 0. The van der Waals surface area contributed by atoms with Crippen molar-refractivity contribution in [1.29, 1.82) is 0 Å². The lowest BCUT2D eigenvalue weighted by Gasteiger charge is -2.36. The predicted molar refractivity (Wildman–Crippen MR) is 75.3 cm³/mol. The van der Waals surface area contributed by atoms with E-state index in [2.05, 4.69) is 46.7 Å². The lowest BCUT2D eigenvalue weighted by molar-refractivity contribution is 0.129. The maximum absolute atomic E-state index is 3.52. The molecule has 1 saturated heterocycles. The van der Waals surface area contributed by atoms with E-state index in [0.29, 0.717) is 0 Å². The van der Waals surface area contributed by atoms with E-state index < -0.39 is 0 Å². The Labute approximate surface area is 109 Å². The van der Waals surface area contributed by atoms with Gasteiger partial charge in [0.1, 0.15) is 0 Å². The van der Waals surface area contributed by atoms with Gasteiger partial charge in [-0.2, -0.15) is 0 Å². The van der Waals surface area contributed by atoms with Crippen LogP contribution in [0, 0.1) is 5.92 Å². The van der Waals surface area contributed by atoms with Crippen molar-refractivity contribution in [3.05, 3.63) is 0 Å².